The minimum atomic E-state index is -3.43. The highest BCUT2D eigenvalue weighted by atomic mass is 32.2. The van der Waals surface area contributed by atoms with Gasteiger partial charge in [-0.1, -0.05) is 18.2 Å². The quantitative estimate of drug-likeness (QED) is 0.794. The molecular weight excluding hydrogens is 314 g/mol. The van der Waals surface area contributed by atoms with Crippen molar-refractivity contribution in [3.05, 3.63) is 30.3 Å². The number of fused-ring (bicyclic) bond motifs is 1. The van der Waals surface area contributed by atoms with Crippen LogP contribution in [0.4, 0.5) is 0 Å². The molecule has 0 bridgehead atoms. The first kappa shape index (κ1) is 15.6. The SMILES string of the molecule is O=S(=O)(c1ccccc1)N1C[C@@H]2COC[C@]2(COCC2CC2)C1. The molecule has 1 aromatic rings. The second-order valence-corrected chi connectivity index (χ2v) is 9.08. The van der Waals surface area contributed by atoms with Crippen LogP contribution in [-0.4, -0.2) is 52.2 Å². The molecule has 2 aliphatic heterocycles. The number of sulfonamides is 1. The normalized spacial score (nSPS) is 31.4. The van der Waals surface area contributed by atoms with Crippen molar-refractivity contribution < 1.29 is 17.9 Å². The summed E-state index contributed by atoms with van der Waals surface area (Å²) in [6.07, 6.45) is 2.53. The van der Waals surface area contributed by atoms with Gasteiger partial charge in [-0.2, -0.15) is 4.31 Å². The molecule has 5 nitrogen and oxygen atoms in total. The third-order valence-electron chi connectivity index (χ3n) is 5.31. The van der Waals surface area contributed by atoms with E-state index in [2.05, 4.69) is 0 Å². The Labute approximate surface area is 137 Å². The lowest BCUT2D eigenvalue weighted by molar-refractivity contribution is 0.0265. The van der Waals surface area contributed by atoms with Crippen LogP contribution >= 0.6 is 0 Å². The Balaban J connectivity index is 1.49. The molecule has 0 N–H and O–H groups in total. The largest absolute Gasteiger partial charge is 0.380 e. The molecule has 3 fully saturated rings. The van der Waals surface area contributed by atoms with Crippen molar-refractivity contribution in [2.75, 3.05) is 39.5 Å². The number of hydrogen-bond donors (Lipinski definition) is 0. The molecule has 2 saturated heterocycles. The molecule has 0 amide bonds. The molecule has 1 aliphatic carbocycles. The van der Waals surface area contributed by atoms with Crippen LogP contribution in [0.3, 0.4) is 0 Å². The van der Waals surface area contributed by atoms with Crippen molar-refractivity contribution >= 4 is 10.0 Å². The van der Waals surface area contributed by atoms with E-state index in [-0.39, 0.29) is 11.3 Å². The zero-order chi connectivity index (χ0) is 15.9. The Kier molecular flexibility index (Phi) is 3.96. The van der Waals surface area contributed by atoms with Crippen molar-refractivity contribution in [1.29, 1.82) is 0 Å². The van der Waals surface area contributed by atoms with Gasteiger partial charge in [0.1, 0.15) is 0 Å². The van der Waals surface area contributed by atoms with E-state index in [9.17, 15) is 8.42 Å². The fourth-order valence-electron chi connectivity index (χ4n) is 3.62. The third kappa shape index (κ3) is 2.93. The van der Waals surface area contributed by atoms with Crippen molar-refractivity contribution in [2.24, 2.45) is 17.3 Å². The van der Waals surface area contributed by atoms with Gasteiger partial charge in [0.15, 0.2) is 0 Å². The summed E-state index contributed by atoms with van der Waals surface area (Å²) < 4.78 is 38.9. The maximum absolute atomic E-state index is 12.8. The van der Waals surface area contributed by atoms with Crippen molar-refractivity contribution in [1.82, 2.24) is 4.31 Å². The van der Waals surface area contributed by atoms with E-state index in [1.54, 1.807) is 28.6 Å². The Bertz CT molecular complexity index is 658. The van der Waals surface area contributed by atoms with Crippen molar-refractivity contribution in [3.8, 4) is 0 Å². The van der Waals surface area contributed by atoms with E-state index in [1.165, 1.54) is 12.8 Å². The summed E-state index contributed by atoms with van der Waals surface area (Å²) in [6.45, 7) is 3.68. The first-order valence-corrected chi connectivity index (χ1v) is 9.75. The van der Waals surface area contributed by atoms with Gasteiger partial charge >= 0.3 is 0 Å². The lowest BCUT2D eigenvalue weighted by Crippen LogP contribution is -2.37. The summed E-state index contributed by atoms with van der Waals surface area (Å²) in [5.41, 5.74) is -0.170. The maximum Gasteiger partial charge on any atom is 0.243 e. The van der Waals surface area contributed by atoms with E-state index in [4.69, 9.17) is 9.47 Å². The second-order valence-electron chi connectivity index (χ2n) is 7.14. The van der Waals surface area contributed by atoms with E-state index in [1.807, 2.05) is 6.07 Å². The van der Waals surface area contributed by atoms with Crippen LogP contribution in [0.2, 0.25) is 0 Å². The fourth-order valence-corrected chi connectivity index (χ4v) is 5.23. The molecule has 126 valence electrons. The molecule has 0 radical (unpaired) electrons. The topological polar surface area (TPSA) is 55.8 Å². The highest BCUT2D eigenvalue weighted by molar-refractivity contribution is 7.89. The molecule has 6 heteroatoms. The Morgan fingerprint density at radius 1 is 1.26 bits per heavy atom. The van der Waals surface area contributed by atoms with Gasteiger partial charge < -0.3 is 9.47 Å². The van der Waals surface area contributed by atoms with Crippen LogP contribution in [0.15, 0.2) is 35.2 Å². The third-order valence-corrected chi connectivity index (χ3v) is 7.14. The fraction of sp³-hybridized carbons (Fsp3) is 0.647. The van der Waals surface area contributed by atoms with E-state index in [0.29, 0.717) is 37.8 Å². The summed E-state index contributed by atoms with van der Waals surface area (Å²) in [7, 11) is -3.43. The minimum Gasteiger partial charge on any atom is -0.380 e. The zero-order valence-corrected chi connectivity index (χ0v) is 14.0. The van der Waals surface area contributed by atoms with Crippen LogP contribution in [0, 0.1) is 17.3 Å². The number of nitrogens with zero attached hydrogens (tertiary/aromatic N) is 1. The maximum atomic E-state index is 12.8. The van der Waals surface area contributed by atoms with Crippen molar-refractivity contribution in [2.45, 2.75) is 17.7 Å². The van der Waals surface area contributed by atoms with Gasteiger partial charge in [-0.3, -0.25) is 0 Å². The first-order chi connectivity index (χ1) is 11.1. The smallest absolute Gasteiger partial charge is 0.243 e. The molecule has 0 spiro atoms. The Morgan fingerprint density at radius 3 is 2.78 bits per heavy atom. The molecule has 0 unspecified atom stereocenters. The van der Waals surface area contributed by atoms with E-state index < -0.39 is 10.0 Å². The van der Waals surface area contributed by atoms with Gasteiger partial charge in [-0.05, 0) is 30.9 Å². The second kappa shape index (κ2) is 5.84. The van der Waals surface area contributed by atoms with E-state index >= 15 is 0 Å². The van der Waals surface area contributed by atoms with Crippen LogP contribution in [-0.2, 0) is 19.5 Å². The van der Waals surface area contributed by atoms with Crippen LogP contribution < -0.4 is 0 Å². The summed E-state index contributed by atoms with van der Waals surface area (Å²) in [6, 6.07) is 8.69. The van der Waals surface area contributed by atoms with Crippen LogP contribution in [0.1, 0.15) is 12.8 Å². The van der Waals surface area contributed by atoms with Gasteiger partial charge in [0.25, 0.3) is 0 Å². The summed E-state index contributed by atoms with van der Waals surface area (Å²) in [4.78, 5) is 0.370. The molecule has 3 aliphatic rings. The molecule has 23 heavy (non-hydrogen) atoms. The summed E-state index contributed by atoms with van der Waals surface area (Å²) >= 11 is 0. The predicted molar refractivity (Wildman–Crippen MR) is 85.5 cm³/mol. The minimum absolute atomic E-state index is 0.170. The number of hydrogen-bond acceptors (Lipinski definition) is 4. The van der Waals surface area contributed by atoms with Crippen LogP contribution in [0.5, 0.6) is 0 Å². The number of ether oxygens (including phenoxy) is 2. The average molecular weight is 337 g/mol. The monoisotopic (exact) mass is 337 g/mol. The molecule has 0 aromatic heterocycles. The molecule has 2 atom stereocenters. The van der Waals surface area contributed by atoms with Gasteiger partial charge in [-0.25, -0.2) is 8.42 Å². The predicted octanol–water partition coefficient (Wildman–Crippen LogP) is 1.75. The molecule has 1 aromatic carbocycles. The zero-order valence-electron chi connectivity index (χ0n) is 13.2. The van der Waals surface area contributed by atoms with Crippen LogP contribution in [0.25, 0.3) is 0 Å². The lowest BCUT2D eigenvalue weighted by atomic mass is 9.82. The molecular formula is C17H23NO4S. The molecule has 1 saturated carbocycles. The van der Waals surface area contributed by atoms with Gasteiger partial charge in [-0.15, -0.1) is 0 Å². The standard InChI is InChI=1S/C17H23NO4S/c19-23(20,16-4-2-1-3-5-16)18-8-15-10-22-13-17(15,11-18)12-21-9-14-6-7-14/h1-5,14-15H,6-13H2/t15-,17-/m1/s1. The van der Waals surface area contributed by atoms with Crippen molar-refractivity contribution in [3.63, 3.8) is 0 Å². The number of rotatable bonds is 6. The Hall–Kier alpha value is -0.950. The first-order valence-electron chi connectivity index (χ1n) is 8.31. The summed E-state index contributed by atoms with van der Waals surface area (Å²) in [5, 5.41) is 0. The van der Waals surface area contributed by atoms with Gasteiger partial charge in [0.2, 0.25) is 10.0 Å². The lowest BCUT2D eigenvalue weighted by Gasteiger charge is -2.27. The van der Waals surface area contributed by atoms with Gasteiger partial charge in [0.05, 0.1) is 24.7 Å². The van der Waals surface area contributed by atoms with E-state index in [0.717, 1.165) is 12.5 Å². The number of benzene rings is 1. The Morgan fingerprint density at radius 2 is 2.04 bits per heavy atom. The molecule has 4 rings (SSSR count). The van der Waals surface area contributed by atoms with Gasteiger partial charge in [0, 0.05) is 31.0 Å². The molecule has 2 heterocycles. The highest BCUT2D eigenvalue weighted by Crippen LogP contribution is 2.43. The average Bonchev–Trinajstić information content (AvgIpc) is 3.17. The summed E-state index contributed by atoms with van der Waals surface area (Å²) in [5.74, 6) is 0.956. The highest BCUT2D eigenvalue weighted by Gasteiger charge is 2.53.